The lowest BCUT2D eigenvalue weighted by atomic mass is 9.92. The number of aromatic amines is 2. The van der Waals surface area contributed by atoms with Gasteiger partial charge in [-0.15, -0.1) is 0 Å². The molecule has 0 amide bonds. The number of Topliss-reactive ketones (excluding diaryl/α,β-unsaturated/α-hetero) is 1. The molecule has 6 nitrogen and oxygen atoms in total. The number of carbonyl (C=O) groups excluding carboxylic acids is 1. The maximum absolute atomic E-state index is 11.8. The molecule has 6 heteroatoms. The van der Waals surface area contributed by atoms with Crippen LogP contribution in [0.4, 0.5) is 0 Å². The van der Waals surface area contributed by atoms with Crippen molar-refractivity contribution in [3.8, 4) is 28.1 Å². The van der Waals surface area contributed by atoms with E-state index in [1.807, 2.05) is 6.92 Å². The fourth-order valence-electron chi connectivity index (χ4n) is 4.87. The quantitative estimate of drug-likeness (QED) is 0.287. The van der Waals surface area contributed by atoms with Crippen molar-refractivity contribution in [3.05, 3.63) is 65.9 Å². The monoisotopic (exact) mass is 464 g/mol. The first-order valence-electron chi connectivity index (χ1n) is 12.4. The van der Waals surface area contributed by atoms with Crippen LogP contribution >= 0.6 is 0 Å². The summed E-state index contributed by atoms with van der Waals surface area (Å²) < 4.78 is 6.20. The molecule has 0 bridgehead atoms. The van der Waals surface area contributed by atoms with Crippen LogP contribution in [0, 0.1) is 0 Å². The molecule has 3 heterocycles. The third-order valence-corrected chi connectivity index (χ3v) is 6.86. The lowest BCUT2D eigenvalue weighted by Gasteiger charge is -2.22. The molecule has 2 aromatic heterocycles. The first-order valence-corrected chi connectivity index (χ1v) is 12.4. The molecular formula is C29H28N4O2. The molecule has 0 spiro atoms. The molecule has 1 aliphatic rings. The molecule has 0 fully saturated rings. The topological polar surface area (TPSA) is 83.7 Å². The number of aromatic nitrogens is 4. The van der Waals surface area contributed by atoms with Crippen LogP contribution in [-0.2, 0) is 24.2 Å². The van der Waals surface area contributed by atoms with Gasteiger partial charge in [-0.3, -0.25) is 4.79 Å². The Bertz CT molecular complexity index is 1580. The van der Waals surface area contributed by atoms with Crippen LogP contribution in [0.25, 0.3) is 44.2 Å². The van der Waals surface area contributed by atoms with Crippen molar-refractivity contribution in [2.45, 2.75) is 52.6 Å². The van der Waals surface area contributed by atoms with Crippen LogP contribution in [0.2, 0.25) is 0 Å². The Balaban J connectivity index is 1.36. The number of hydrogen-bond acceptors (Lipinski definition) is 4. The third-order valence-electron chi connectivity index (χ3n) is 6.86. The Labute approximate surface area is 203 Å². The first kappa shape index (κ1) is 21.6. The van der Waals surface area contributed by atoms with Crippen LogP contribution in [0.15, 0.2) is 48.7 Å². The summed E-state index contributed by atoms with van der Waals surface area (Å²) in [6.45, 7) is 4.59. The van der Waals surface area contributed by atoms with E-state index in [9.17, 15) is 4.79 Å². The predicted octanol–water partition coefficient (Wildman–Crippen LogP) is 6.53. The molecule has 6 rings (SSSR count). The van der Waals surface area contributed by atoms with Gasteiger partial charge in [0.25, 0.3) is 0 Å². The van der Waals surface area contributed by atoms with E-state index < -0.39 is 0 Å². The summed E-state index contributed by atoms with van der Waals surface area (Å²) in [4.78, 5) is 27.8. The van der Waals surface area contributed by atoms with Gasteiger partial charge >= 0.3 is 0 Å². The number of nitrogens with one attached hydrogen (secondary N) is 2. The maximum Gasteiger partial charge on any atom is 0.140 e. The molecule has 0 atom stereocenters. The summed E-state index contributed by atoms with van der Waals surface area (Å²) in [5, 5.41) is 2.34. The number of fused-ring (bicyclic) bond motifs is 6. The van der Waals surface area contributed by atoms with Crippen LogP contribution in [0.1, 0.15) is 50.3 Å². The number of aryl methyl sites for hydroxylation is 1. The molecule has 3 aromatic carbocycles. The van der Waals surface area contributed by atoms with E-state index >= 15 is 0 Å². The highest BCUT2D eigenvalue weighted by atomic mass is 16.5. The van der Waals surface area contributed by atoms with Gasteiger partial charge in [0.1, 0.15) is 29.8 Å². The highest BCUT2D eigenvalue weighted by Crippen LogP contribution is 2.42. The smallest absolute Gasteiger partial charge is 0.140 e. The average molecular weight is 465 g/mol. The number of H-pyrrole nitrogens is 2. The zero-order chi connectivity index (χ0) is 23.9. The van der Waals surface area contributed by atoms with Crippen molar-refractivity contribution >= 4 is 27.6 Å². The van der Waals surface area contributed by atoms with E-state index in [0.717, 1.165) is 64.1 Å². The minimum atomic E-state index is 0.174. The van der Waals surface area contributed by atoms with Crippen molar-refractivity contribution in [2.75, 3.05) is 0 Å². The number of ether oxygens (including phenoxy) is 1. The number of unbranched alkanes of at least 4 members (excludes halogenated alkanes) is 1. The minimum absolute atomic E-state index is 0.174. The van der Waals surface area contributed by atoms with Gasteiger partial charge in [-0.25, -0.2) is 9.97 Å². The van der Waals surface area contributed by atoms with Gasteiger partial charge in [0.2, 0.25) is 0 Å². The number of benzene rings is 3. The molecule has 0 saturated carbocycles. The van der Waals surface area contributed by atoms with Gasteiger partial charge in [0.15, 0.2) is 0 Å². The van der Waals surface area contributed by atoms with E-state index in [1.165, 1.54) is 16.5 Å². The van der Waals surface area contributed by atoms with E-state index in [0.29, 0.717) is 25.3 Å². The summed E-state index contributed by atoms with van der Waals surface area (Å²) in [6, 6.07) is 15.1. The zero-order valence-corrected chi connectivity index (χ0v) is 20.1. The standard InChI is InChI=1S/C29H28N4O2/c1-3-5-6-27-31-24-10-8-17-11-22-19(12-23(17)29(24)33-27)16-35-26-13-18(7-9-21(22)26)25-15-30-28(32-25)14-20(34)4-2/h7-13,15H,3-6,14,16H2,1-2H3,(H,30,32)(H,31,33). The van der Waals surface area contributed by atoms with E-state index in [1.54, 1.807) is 6.20 Å². The normalized spacial score (nSPS) is 12.5. The fraction of sp³-hybridized carbons (Fsp3) is 0.276. The molecule has 2 N–H and O–H groups in total. The predicted molar refractivity (Wildman–Crippen MR) is 139 cm³/mol. The van der Waals surface area contributed by atoms with E-state index in [4.69, 9.17) is 9.72 Å². The second-order valence-corrected chi connectivity index (χ2v) is 9.29. The number of imidazole rings is 2. The minimum Gasteiger partial charge on any atom is -0.488 e. The van der Waals surface area contributed by atoms with Crippen LogP contribution in [-0.4, -0.2) is 25.7 Å². The lowest BCUT2D eigenvalue weighted by molar-refractivity contribution is -0.118. The van der Waals surface area contributed by atoms with Crippen molar-refractivity contribution in [1.82, 2.24) is 19.9 Å². The van der Waals surface area contributed by atoms with Crippen molar-refractivity contribution < 1.29 is 9.53 Å². The largest absolute Gasteiger partial charge is 0.488 e. The van der Waals surface area contributed by atoms with Gasteiger partial charge in [-0.1, -0.05) is 32.4 Å². The average Bonchev–Trinajstić information content (AvgIpc) is 3.53. The van der Waals surface area contributed by atoms with Gasteiger partial charge in [0, 0.05) is 29.4 Å². The molecule has 0 aliphatic carbocycles. The summed E-state index contributed by atoms with van der Waals surface area (Å²) in [5.41, 5.74) is 7.46. The molecule has 0 unspecified atom stereocenters. The molecule has 35 heavy (non-hydrogen) atoms. The second kappa shape index (κ2) is 8.69. The number of nitrogens with zero attached hydrogens (tertiary/aromatic N) is 2. The molecule has 1 aliphatic heterocycles. The summed E-state index contributed by atoms with van der Waals surface area (Å²) in [6.07, 6.45) is 5.90. The number of rotatable bonds is 7. The van der Waals surface area contributed by atoms with E-state index in [2.05, 4.69) is 64.3 Å². The maximum atomic E-state index is 11.8. The highest BCUT2D eigenvalue weighted by molar-refractivity contribution is 6.06. The molecule has 0 radical (unpaired) electrons. The van der Waals surface area contributed by atoms with Crippen LogP contribution < -0.4 is 4.74 Å². The van der Waals surface area contributed by atoms with Crippen molar-refractivity contribution in [2.24, 2.45) is 0 Å². The SMILES string of the molecule is CCCCc1nc2c(ccc3cc4c(cc32)COc2cc(-c3cnc(CC(=O)CC)[nH]3)ccc2-4)[nH]1. The zero-order valence-electron chi connectivity index (χ0n) is 20.1. The summed E-state index contributed by atoms with van der Waals surface area (Å²) >= 11 is 0. The lowest BCUT2D eigenvalue weighted by Crippen LogP contribution is -2.05. The molecule has 0 saturated heterocycles. The second-order valence-electron chi connectivity index (χ2n) is 9.29. The Morgan fingerprint density at radius 2 is 1.94 bits per heavy atom. The van der Waals surface area contributed by atoms with Crippen LogP contribution in [0.5, 0.6) is 5.75 Å². The van der Waals surface area contributed by atoms with Crippen LogP contribution in [0.3, 0.4) is 0 Å². The van der Waals surface area contributed by atoms with Gasteiger partial charge in [-0.2, -0.15) is 0 Å². The van der Waals surface area contributed by atoms with E-state index in [-0.39, 0.29) is 5.78 Å². The summed E-state index contributed by atoms with van der Waals surface area (Å²) in [5.74, 6) is 2.79. The molecule has 5 aromatic rings. The van der Waals surface area contributed by atoms with Gasteiger partial charge < -0.3 is 14.7 Å². The molecular weight excluding hydrogens is 436 g/mol. The Hall–Kier alpha value is -3.93. The highest BCUT2D eigenvalue weighted by Gasteiger charge is 2.20. The first-order chi connectivity index (χ1) is 17.1. The molecule has 176 valence electrons. The van der Waals surface area contributed by atoms with Crippen molar-refractivity contribution in [1.29, 1.82) is 0 Å². The third kappa shape index (κ3) is 3.89. The Morgan fingerprint density at radius 3 is 2.80 bits per heavy atom. The number of carbonyl (C=O) groups is 1. The number of hydrogen-bond donors (Lipinski definition) is 2. The van der Waals surface area contributed by atoms with Gasteiger partial charge in [-0.05, 0) is 53.3 Å². The fourth-order valence-corrected chi connectivity index (χ4v) is 4.87. The summed E-state index contributed by atoms with van der Waals surface area (Å²) in [7, 11) is 0. The Morgan fingerprint density at radius 1 is 1.03 bits per heavy atom. The number of ketones is 1. The van der Waals surface area contributed by atoms with Crippen molar-refractivity contribution in [3.63, 3.8) is 0 Å². The van der Waals surface area contributed by atoms with Gasteiger partial charge in [0.05, 0.1) is 29.3 Å². The Kier molecular flexibility index (Phi) is 5.36.